The van der Waals surface area contributed by atoms with Crippen molar-refractivity contribution in [1.82, 2.24) is 9.80 Å². The molecule has 1 unspecified atom stereocenters. The van der Waals surface area contributed by atoms with E-state index >= 15 is 0 Å². The van der Waals surface area contributed by atoms with Gasteiger partial charge >= 0.3 is 0 Å². The zero-order chi connectivity index (χ0) is 23.4. The summed E-state index contributed by atoms with van der Waals surface area (Å²) in [5, 5.41) is 11.6. The summed E-state index contributed by atoms with van der Waals surface area (Å²) in [6.07, 6.45) is 0.885. The summed E-state index contributed by atoms with van der Waals surface area (Å²) in [6.45, 7) is 3.51. The molecule has 8 heteroatoms. The van der Waals surface area contributed by atoms with Gasteiger partial charge in [-0.05, 0) is 56.4 Å². The van der Waals surface area contributed by atoms with E-state index in [0.29, 0.717) is 41.6 Å². The Bertz CT molecular complexity index is 1030. The van der Waals surface area contributed by atoms with E-state index < -0.39 is 17.7 Å². The Hall–Kier alpha value is -2.54. The fraction of sp³-hybridized carbons (Fsp3) is 0.333. The van der Waals surface area contributed by atoms with Crippen LogP contribution in [0.3, 0.4) is 0 Å². The molecule has 32 heavy (non-hydrogen) atoms. The van der Waals surface area contributed by atoms with E-state index in [0.717, 1.165) is 6.42 Å². The van der Waals surface area contributed by atoms with Crippen LogP contribution in [0.2, 0.25) is 10.0 Å². The number of Topliss-reactive ketones (excluding diaryl/α,β-unsaturated/α-hetero) is 1. The van der Waals surface area contributed by atoms with Crippen LogP contribution in [0, 0.1) is 0 Å². The molecule has 6 nitrogen and oxygen atoms in total. The highest BCUT2D eigenvalue weighted by molar-refractivity contribution is 6.46. The van der Waals surface area contributed by atoms with Crippen LogP contribution < -0.4 is 4.74 Å². The third kappa shape index (κ3) is 5.09. The molecule has 0 bridgehead atoms. The lowest BCUT2D eigenvalue weighted by Gasteiger charge is -2.26. The predicted molar refractivity (Wildman–Crippen MR) is 126 cm³/mol. The van der Waals surface area contributed by atoms with Gasteiger partial charge in [-0.15, -0.1) is 0 Å². The molecule has 1 atom stereocenters. The number of halogens is 2. The van der Waals surface area contributed by atoms with Crippen LogP contribution in [-0.2, 0) is 9.59 Å². The quantitative estimate of drug-likeness (QED) is 0.337. The van der Waals surface area contributed by atoms with Crippen LogP contribution in [0.1, 0.15) is 30.5 Å². The van der Waals surface area contributed by atoms with Gasteiger partial charge in [0, 0.05) is 18.7 Å². The first kappa shape index (κ1) is 24.1. The van der Waals surface area contributed by atoms with Crippen molar-refractivity contribution in [2.45, 2.75) is 19.4 Å². The zero-order valence-electron chi connectivity index (χ0n) is 18.3. The average Bonchev–Trinajstić information content (AvgIpc) is 3.02. The van der Waals surface area contributed by atoms with E-state index in [2.05, 4.69) is 0 Å². The second-order valence-corrected chi connectivity index (χ2v) is 8.66. The minimum absolute atomic E-state index is 0.0226. The normalized spacial score (nSPS) is 17.9. The number of carbonyl (C=O) groups excluding carboxylic acids is 2. The van der Waals surface area contributed by atoms with Crippen molar-refractivity contribution in [1.29, 1.82) is 0 Å². The highest BCUT2D eigenvalue weighted by atomic mass is 35.5. The number of likely N-dealkylation sites (tertiary alicyclic amines) is 1. The largest absolute Gasteiger partial charge is 0.507 e. The lowest BCUT2D eigenvalue weighted by Crippen LogP contribution is -2.35. The van der Waals surface area contributed by atoms with Gasteiger partial charge in [0.05, 0.1) is 28.3 Å². The minimum atomic E-state index is -0.733. The van der Waals surface area contributed by atoms with E-state index in [1.807, 2.05) is 38.1 Å². The van der Waals surface area contributed by atoms with Crippen LogP contribution in [0.25, 0.3) is 5.76 Å². The summed E-state index contributed by atoms with van der Waals surface area (Å²) in [6, 6.07) is 11.1. The smallest absolute Gasteiger partial charge is 0.295 e. The molecule has 2 aromatic carbocycles. The molecule has 0 spiro atoms. The molecule has 1 aliphatic heterocycles. The molecule has 0 aliphatic carbocycles. The number of aliphatic hydroxyl groups is 1. The minimum Gasteiger partial charge on any atom is -0.507 e. The van der Waals surface area contributed by atoms with Crippen molar-refractivity contribution in [3.63, 3.8) is 0 Å². The fourth-order valence-corrected chi connectivity index (χ4v) is 3.83. The molecule has 170 valence electrons. The lowest BCUT2D eigenvalue weighted by atomic mass is 9.95. The molecule has 0 saturated carbocycles. The van der Waals surface area contributed by atoms with Crippen LogP contribution in [-0.4, -0.2) is 60.4 Å². The van der Waals surface area contributed by atoms with Gasteiger partial charge in [-0.3, -0.25) is 9.59 Å². The number of amides is 1. The number of nitrogens with zero attached hydrogens (tertiary/aromatic N) is 2. The Morgan fingerprint density at radius 3 is 2.38 bits per heavy atom. The number of hydrogen-bond acceptors (Lipinski definition) is 5. The Morgan fingerprint density at radius 2 is 1.78 bits per heavy atom. The average molecular weight is 477 g/mol. The van der Waals surface area contributed by atoms with E-state index in [1.165, 1.54) is 17.0 Å². The Labute approximate surface area is 198 Å². The first-order valence-corrected chi connectivity index (χ1v) is 11.1. The van der Waals surface area contributed by atoms with Gasteiger partial charge in [0.1, 0.15) is 11.5 Å². The van der Waals surface area contributed by atoms with Crippen LogP contribution in [0.5, 0.6) is 5.75 Å². The predicted octanol–water partition coefficient (Wildman–Crippen LogP) is 4.77. The summed E-state index contributed by atoms with van der Waals surface area (Å²) in [7, 11) is 3.78. The van der Waals surface area contributed by atoms with Gasteiger partial charge in [0.25, 0.3) is 11.7 Å². The summed E-state index contributed by atoms with van der Waals surface area (Å²) in [5.41, 5.74) is 1.04. The number of ketones is 1. The fourth-order valence-electron chi connectivity index (χ4n) is 3.53. The first-order valence-electron chi connectivity index (χ1n) is 10.4. The summed E-state index contributed by atoms with van der Waals surface area (Å²) in [4.78, 5) is 29.4. The van der Waals surface area contributed by atoms with Gasteiger partial charge < -0.3 is 19.6 Å². The number of ether oxygens (including phenoxy) is 1. The number of carbonyl (C=O) groups is 2. The van der Waals surface area contributed by atoms with Gasteiger partial charge in [-0.1, -0.05) is 42.3 Å². The maximum Gasteiger partial charge on any atom is 0.295 e. The maximum atomic E-state index is 13.0. The van der Waals surface area contributed by atoms with Crippen molar-refractivity contribution in [2.75, 3.05) is 33.8 Å². The van der Waals surface area contributed by atoms with E-state index in [1.54, 1.807) is 18.2 Å². The van der Waals surface area contributed by atoms with Crippen molar-refractivity contribution >= 4 is 40.7 Å². The SMILES string of the molecule is CCCOc1ccc(C2/C(=C(/O)c3ccc(Cl)c(Cl)c3)C(=O)C(=O)N2CCN(C)C)cc1. The molecule has 1 amide bonds. The molecule has 2 aromatic rings. The molecule has 0 aromatic heterocycles. The zero-order valence-corrected chi connectivity index (χ0v) is 19.8. The van der Waals surface area contributed by atoms with Crippen molar-refractivity contribution in [3.05, 3.63) is 69.2 Å². The van der Waals surface area contributed by atoms with E-state index in [9.17, 15) is 14.7 Å². The molecule has 1 saturated heterocycles. The number of likely N-dealkylation sites (N-methyl/N-ethyl adjacent to an activating group) is 1. The standard InChI is InChI=1S/C24H26Cl2N2O4/c1-4-13-32-17-8-5-15(6-9-17)21-20(22(29)16-7-10-18(25)19(26)14-16)23(30)24(31)28(21)12-11-27(2)3/h5-10,14,21,29H,4,11-13H2,1-3H3/b22-20-. The number of rotatable bonds is 8. The second kappa shape index (κ2) is 10.4. The molecule has 1 heterocycles. The Balaban J connectivity index is 2.09. The van der Waals surface area contributed by atoms with Crippen LogP contribution >= 0.6 is 23.2 Å². The highest BCUT2D eigenvalue weighted by Crippen LogP contribution is 2.40. The molecular formula is C24H26Cl2N2O4. The van der Waals surface area contributed by atoms with Crippen LogP contribution in [0.4, 0.5) is 0 Å². The number of benzene rings is 2. The second-order valence-electron chi connectivity index (χ2n) is 7.84. The lowest BCUT2D eigenvalue weighted by molar-refractivity contribution is -0.140. The number of aliphatic hydroxyl groups excluding tert-OH is 1. The van der Waals surface area contributed by atoms with Gasteiger partial charge in [-0.2, -0.15) is 0 Å². The summed E-state index contributed by atoms with van der Waals surface area (Å²) >= 11 is 12.1. The third-order valence-corrected chi connectivity index (χ3v) is 5.93. The van der Waals surface area contributed by atoms with Crippen molar-refractivity contribution in [2.24, 2.45) is 0 Å². The molecule has 0 radical (unpaired) electrons. The van der Waals surface area contributed by atoms with Crippen molar-refractivity contribution in [3.8, 4) is 5.75 Å². The highest BCUT2D eigenvalue weighted by Gasteiger charge is 2.45. The number of hydrogen-bond donors (Lipinski definition) is 1. The van der Waals surface area contributed by atoms with E-state index in [-0.39, 0.29) is 16.4 Å². The first-order chi connectivity index (χ1) is 15.2. The van der Waals surface area contributed by atoms with Gasteiger partial charge in [0.2, 0.25) is 0 Å². The Morgan fingerprint density at radius 1 is 1.09 bits per heavy atom. The third-order valence-electron chi connectivity index (χ3n) is 5.19. The summed E-state index contributed by atoms with van der Waals surface area (Å²) < 4.78 is 5.65. The van der Waals surface area contributed by atoms with Gasteiger partial charge in [0.15, 0.2) is 0 Å². The molecular weight excluding hydrogens is 451 g/mol. The maximum absolute atomic E-state index is 13.0. The molecule has 1 aliphatic rings. The van der Waals surface area contributed by atoms with Gasteiger partial charge in [-0.25, -0.2) is 0 Å². The Kier molecular flexibility index (Phi) is 7.82. The summed E-state index contributed by atoms with van der Waals surface area (Å²) in [5.74, 6) is -0.968. The van der Waals surface area contributed by atoms with Crippen molar-refractivity contribution < 1.29 is 19.4 Å². The topological polar surface area (TPSA) is 70.1 Å². The van der Waals surface area contributed by atoms with Crippen LogP contribution in [0.15, 0.2) is 48.0 Å². The molecule has 1 N–H and O–H groups in total. The van der Waals surface area contributed by atoms with E-state index in [4.69, 9.17) is 27.9 Å². The molecule has 1 fully saturated rings. The monoisotopic (exact) mass is 476 g/mol. The molecule has 3 rings (SSSR count).